The number of nitrogens with zero attached hydrogens (tertiary/aromatic N) is 3. The molecular weight excluding hydrogens is 360 g/mol. The highest BCUT2D eigenvalue weighted by molar-refractivity contribution is 7.20. The Morgan fingerprint density at radius 1 is 1.24 bits per heavy atom. The maximum atomic E-state index is 12.6. The molecule has 1 N–H and O–H groups in total. The fourth-order valence-corrected chi connectivity index (χ4v) is 3.45. The fraction of sp³-hybridized carbons (Fsp3) is 0.118. The van der Waals surface area contributed by atoms with Crippen LogP contribution < -0.4 is 15.6 Å². The van der Waals surface area contributed by atoms with E-state index in [2.05, 4.69) is 15.4 Å². The van der Waals surface area contributed by atoms with Crippen molar-refractivity contribution in [3.63, 3.8) is 0 Å². The quantitative estimate of drug-likeness (QED) is 0.584. The van der Waals surface area contributed by atoms with Gasteiger partial charge in [-0.15, -0.1) is 5.10 Å². The zero-order chi connectivity index (χ0) is 17.4. The summed E-state index contributed by atoms with van der Waals surface area (Å²) in [6.07, 6.45) is 0. The molecule has 0 bridgehead atoms. The lowest BCUT2D eigenvalue weighted by Gasteiger charge is -2.04. The van der Waals surface area contributed by atoms with E-state index in [-0.39, 0.29) is 5.56 Å². The zero-order valence-electron chi connectivity index (χ0n) is 13.2. The van der Waals surface area contributed by atoms with Crippen LogP contribution in [0.15, 0.2) is 47.3 Å². The van der Waals surface area contributed by atoms with Crippen LogP contribution in [0, 0.1) is 0 Å². The van der Waals surface area contributed by atoms with E-state index in [1.807, 2.05) is 31.2 Å². The van der Waals surface area contributed by atoms with Crippen molar-refractivity contribution in [1.82, 2.24) is 14.6 Å². The average Bonchev–Trinajstić information content (AvgIpc) is 3.00. The Kier molecular flexibility index (Phi) is 4.03. The largest absolute Gasteiger partial charge is 0.494 e. The molecule has 0 aliphatic heterocycles. The number of hydrogen-bond acceptors (Lipinski definition) is 6. The lowest BCUT2D eigenvalue weighted by Crippen LogP contribution is -2.15. The summed E-state index contributed by atoms with van der Waals surface area (Å²) in [6.45, 7) is 2.56. The van der Waals surface area contributed by atoms with Gasteiger partial charge in [0, 0.05) is 10.7 Å². The fourth-order valence-electron chi connectivity index (χ4n) is 2.46. The van der Waals surface area contributed by atoms with E-state index >= 15 is 0 Å². The van der Waals surface area contributed by atoms with Crippen LogP contribution in [0.25, 0.3) is 15.9 Å². The number of ether oxygens (including phenoxy) is 1. The number of nitrogens with one attached hydrogen (secondary N) is 1. The summed E-state index contributed by atoms with van der Waals surface area (Å²) in [6, 6.07) is 12.6. The second kappa shape index (κ2) is 6.34. The number of benzene rings is 2. The number of halogens is 1. The van der Waals surface area contributed by atoms with Gasteiger partial charge in [-0.2, -0.15) is 4.52 Å². The summed E-state index contributed by atoms with van der Waals surface area (Å²) in [5.74, 6) is 0.804. The van der Waals surface area contributed by atoms with E-state index in [9.17, 15) is 4.79 Å². The summed E-state index contributed by atoms with van der Waals surface area (Å²) in [5.41, 5.74) is 1.22. The standard InChI is InChI=1S/C17H13ClN4O2S/c1-2-24-12-6-4-11(5-7-12)19-16-21-22-15(23)13-9-10(18)3-8-14(13)20-17(22)25-16/h3-9H,2H2,1H3,(H,19,21). The van der Waals surface area contributed by atoms with Crippen molar-refractivity contribution < 1.29 is 4.74 Å². The summed E-state index contributed by atoms with van der Waals surface area (Å²) >= 11 is 7.28. The Morgan fingerprint density at radius 3 is 2.80 bits per heavy atom. The van der Waals surface area contributed by atoms with Gasteiger partial charge in [0.15, 0.2) is 0 Å². The molecule has 0 unspecified atom stereocenters. The normalized spacial score (nSPS) is 11.1. The second-order valence-corrected chi connectivity index (χ2v) is 6.65. The lowest BCUT2D eigenvalue weighted by atomic mass is 10.2. The van der Waals surface area contributed by atoms with Gasteiger partial charge in [-0.25, -0.2) is 4.98 Å². The molecular formula is C17H13ClN4O2S. The Labute approximate surface area is 151 Å². The Hall–Kier alpha value is -2.64. The summed E-state index contributed by atoms with van der Waals surface area (Å²) in [5, 5.41) is 9.02. The molecule has 2 heterocycles. The van der Waals surface area contributed by atoms with E-state index in [1.165, 1.54) is 15.9 Å². The molecule has 8 heteroatoms. The van der Waals surface area contributed by atoms with Gasteiger partial charge in [-0.05, 0) is 49.4 Å². The first kappa shape index (κ1) is 15.9. The van der Waals surface area contributed by atoms with E-state index < -0.39 is 0 Å². The van der Waals surface area contributed by atoms with Crippen molar-refractivity contribution in [2.45, 2.75) is 6.92 Å². The minimum Gasteiger partial charge on any atom is -0.494 e. The number of anilines is 2. The molecule has 2 aromatic heterocycles. The molecule has 126 valence electrons. The minimum atomic E-state index is -0.238. The molecule has 0 radical (unpaired) electrons. The third-order valence-electron chi connectivity index (χ3n) is 3.57. The first-order valence-corrected chi connectivity index (χ1v) is 8.82. The third kappa shape index (κ3) is 3.04. The van der Waals surface area contributed by atoms with E-state index in [4.69, 9.17) is 16.3 Å². The van der Waals surface area contributed by atoms with Crippen LogP contribution in [0.1, 0.15) is 6.92 Å². The first-order chi connectivity index (χ1) is 12.1. The van der Waals surface area contributed by atoms with Crippen molar-refractivity contribution in [2.24, 2.45) is 0 Å². The molecule has 25 heavy (non-hydrogen) atoms. The van der Waals surface area contributed by atoms with Crippen molar-refractivity contribution in [3.8, 4) is 5.75 Å². The van der Waals surface area contributed by atoms with Crippen molar-refractivity contribution in [3.05, 3.63) is 57.8 Å². The van der Waals surface area contributed by atoms with Crippen LogP contribution in [0.5, 0.6) is 5.75 Å². The van der Waals surface area contributed by atoms with Gasteiger partial charge >= 0.3 is 0 Å². The van der Waals surface area contributed by atoms with Gasteiger partial charge in [0.25, 0.3) is 5.56 Å². The molecule has 0 aliphatic rings. The maximum absolute atomic E-state index is 12.6. The monoisotopic (exact) mass is 372 g/mol. The van der Waals surface area contributed by atoms with E-state index in [0.717, 1.165) is 11.4 Å². The lowest BCUT2D eigenvalue weighted by molar-refractivity contribution is 0.340. The van der Waals surface area contributed by atoms with Gasteiger partial charge in [-0.1, -0.05) is 22.9 Å². The van der Waals surface area contributed by atoms with E-state index in [1.54, 1.807) is 18.2 Å². The van der Waals surface area contributed by atoms with Gasteiger partial charge in [0.1, 0.15) is 5.75 Å². The zero-order valence-corrected chi connectivity index (χ0v) is 14.8. The molecule has 0 fully saturated rings. The van der Waals surface area contributed by atoms with Gasteiger partial charge in [0.05, 0.1) is 17.5 Å². The molecule has 0 aliphatic carbocycles. The summed E-state index contributed by atoms with van der Waals surface area (Å²) in [7, 11) is 0. The molecule has 0 saturated carbocycles. The van der Waals surface area contributed by atoms with Crippen LogP contribution in [0.4, 0.5) is 10.8 Å². The highest BCUT2D eigenvalue weighted by Crippen LogP contribution is 2.24. The summed E-state index contributed by atoms with van der Waals surface area (Å²) in [4.78, 5) is 17.6. The van der Waals surface area contributed by atoms with E-state index in [0.29, 0.717) is 32.6 Å². The highest BCUT2D eigenvalue weighted by atomic mass is 35.5. The molecule has 4 rings (SSSR count). The van der Waals surface area contributed by atoms with Crippen LogP contribution in [-0.2, 0) is 0 Å². The number of rotatable bonds is 4. The second-order valence-electron chi connectivity index (χ2n) is 5.26. The number of hydrogen-bond donors (Lipinski definition) is 1. The first-order valence-electron chi connectivity index (χ1n) is 7.63. The van der Waals surface area contributed by atoms with Gasteiger partial charge in [-0.3, -0.25) is 4.79 Å². The topological polar surface area (TPSA) is 68.5 Å². The van der Waals surface area contributed by atoms with Crippen molar-refractivity contribution in [2.75, 3.05) is 11.9 Å². The highest BCUT2D eigenvalue weighted by Gasteiger charge is 2.11. The number of aromatic nitrogens is 3. The van der Waals surface area contributed by atoms with Crippen LogP contribution in [0.2, 0.25) is 5.02 Å². The van der Waals surface area contributed by atoms with Crippen LogP contribution in [-0.4, -0.2) is 21.2 Å². The minimum absolute atomic E-state index is 0.238. The molecule has 0 spiro atoms. The molecule has 0 atom stereocenters. The predicted octanol–water partition coefficient (Wildman–Crippen LogP) is 4.10. The van der Waals surface area contributed by atoms with Crippen molar-refractivity contribution >= 4 is 49.6 Å². The Balaban J connectivity index is 1.72. The SMILES string of the molecule is CCOc1ccc(Nc2nn3c(=O)c4cc(Cl)ccc4nc3s2)cc1. The number of fused-ring (bicyclic) bond motifs is 2. The van der Waals surface area contributed by atoms with Crippen LogP contribution >= 0.6 is 22.9 Å². The smallest absolute Gasteiger partial charge is 0.283 e. The molecule has 0 amide bonds. The molecule has 0 saturated heterocycles. The molecule has 4 aromatic rings. The maximum Gasteiger partial charge on any atom is 0.283 e. The van der Waals surface area contributed by atoms with Gasteiger partial charge < -0.3 is 10.1 Å². The Bertz CT molecular complexity index is 1120. The third-order valence-corrected chi connectivity index (χ3v) is 4.63. The Morgan fingerprint density at radius 2 is 2.04 bits per heavy atom. The van der Waals surface area contributed by atoms with Gasteiger partial charge in [0.2, 0.25) is 10.1 Å². The molecule has 6 nitrogen and oxygen atoms in total. The predicted molar refractivity (Wildman–Crippen MR) is 101 cm³/mol. The summed E-state index contributed by atoms with van der Waals surface area (Å²) < 4.78 is 6.71. The molecule has 2 aromatic carbocycles. The van der Waals surface area contributed by atoms with Crippen molar-refractivity contribution in [1.29, 1.82) is 0 Å². The average molecular weight is 373 g/mol. The van der Waals surface area contributed by atoms with Crippen LogP contribution in [0.3, 0.4) is 0 Å².